The summed E-state index contributed by atoms with van der Waals surface area (Å²) >= 11 is 0. The van der Waals surface area contributed by atoms with Gasteiger partial charge in [0.1, 0.15) is 29.9 Å². The van der Waals surface area contributed by atoms with E-state index < -0.39 is 0 Å². The van der Waals surface area contributed by atoms with Crippen LogP contribution in [0.15, 0.2) is 29.3 Å². The van der Waals surface area contributed by atoms with E-state index in [1.807, 2.05) is 11.6 Å². The smallest absolute Gasteiger partial charge is 0.277 e. The Bertz CT molecular complexity index is 973. The molecule has 1 N–H and O–H groups in total. The van der Waals surface area contributed by atoms with Crippen LogP contribution in [-0.2, 0) is 18.3 Å². The number of halogens is 1. The minimum Gasteiger partial charge on any atom is -0.370 e. The van der Waals surface area contributed by atoms with E-state index in [2.05, 4.69) is 4.98 Å². The molecule has 3 heterocycles. The summed E-state index contributed by atoms with van der Waals surface area (Å²) in [5, 5.41) is 0.680. The number of hydrogen-bond acceptors (Lipinski definition) is 3. The lowest BCUT2D eigenvalue weighted by molar-refractivity contribution is -0.908. The Morgan fingerprint density at radius 3 is 2.92 bits per heavy atom. The number of aryl methyl sites for hydroxylation is 2. The summed E-state index contributed by atoms with van der Waals surface area (Å²) in [7, 11) is 1.83. The number of morpholine rings is 1. The van der Waals surface area contributed by atoms with Crippen LogP contribution in [0.3, 0.4) is 0 Å². The zero-order valence-corrected chi connectivity index (χ0v) is 14.3. The van der Waals surface area contributed by atoms with Gasteiger partial charge in [0, 0.05) is 25.4 Å². The van der Waals surface area contributed by atoms with Gasteiger partial charge in [0.15, 0.2) is 0 Å². The fourth-order valence-electron chi connectivity index (χ4n) is 3.66. The first-order valence-electron chi connectivity index (χ1n) is 8.69. The number of nitrogens with one attached hydrogen (secondary N) is 1. The molecule has 0 saturated carbocycles. The quantitative estimate of drug-likeness (QED) is 0.742. The molecule has 6 nitrogen and oxygen atoms in total. The summed E-state index contributed by atoms with van der Waals surface area (Å²) in [4.78, 5) is 18.8. The van der Waals surface area contributed by atoms with Gasteiger partial charge in [-0.3, -0.25) is 9.36 Å². The molecular formula is C18H22FN4O2+. The molecule has 2 aromatic heterocycles. The van der Waals surface area contributed by atoms with E-state index in [4.69, 9.17) is 4.74 Å². The number of fused-ring (bicyclic) bond motifs is 3. The van der Waals surface area contributed by atoms with Gasteiger partial charge in [0.05, 0.1) is 31.6 Å². The molecule has 25 heavy (non-hydrogen) atoms. The SMILES string of the molecule is Cn1c2ccc(F)cc2c2ncn(CCC[NH+]3CCOCC3)c(=O)c21. The van der Waals surface area contributed by atoms with E-state index in [1.54, 1.807) is 17.0 Å². The number of quaternary nitrogens is 1. The van der Waals surface area contributed by atoms with Crippen LogP contribution in [0.4, 0.5) is 4.39 Å². The third kappa shape index (κ3) is 2.94. The topological polar surface area (TPSA) is 53.5 Å². The second-order valence-corrected chi connectivity index (χ2v) is 6.63. The zero-order valence-electron chi connectivity index (χ0n) is 14.3. The number of rotatable bonds is 4. The van der Waals surface area contributed by atoms with E-state index in [-0.39, 0.29) is 11.4 Å². The number of ether oxygens (including phenoxy) is 1. The molecule has 3 aromatic rings. The summed E-state index contributed by atoms with van der Waals surface area (Å²) in [6.45, 7) is 5.35. The second-order valence-electron chi connectivity index (χ2n) is 6.63. The van der Waals surface area contributed by atoms with Gasteiger partial charge in [0.2, 0.25) is 0 Å². The molecule has 0 amide bonds. The summed E-state index contributed by atoms with van der Waals surface area (Å²) in [5.41, 5.74) is 1.84. The highest BCUT2D eigenvalue weighted by Crippen LogP contribution is 2.24. The Labute approximate surface area is 144 Å². The van der Waals surface area contributed by atoms with Gasteiger partial charge in [-0.25, -0.2) is 9.37 Å². The molecular weight excluding hydrogens is 323 g/mol. The molecule has 0 bridgehead atoms. The van der Waals surface area contributed by atoms with Gasteiger partial charge in [-0.05, 0) is 18.2 Å². The Kier molecular flexibility index (Phi) is 4.27. The van der Waals surface area contributed by atoms with Crippen molar-refractivity contribution in [1.82, 2.24) is 14.1 Å². The highest BCUT2D eigenvalue weighted by molar-refractivity contribution is 6.05. The number of aromatic nitrogens is 3. The Morgan fingerprint density at radius 1 is 1.32 bits per heavy atom. The fraction of sp³-hybridized carbons (Fsp3) is 0.444. The predicted octanol–water partition coefficient (Wildman–Crippen LogP) is 0.333. The van der Waals surface area contributed by atoms with Crippen LogP contribution in [0.2, 0.25) is 0 Å². The standard InChI is InChI=1S/C18H21FN4O2/c1-21-15-4-3-13(19)11-14(15)16-17(21)18(24)23(12-20-16)6-2-5-22-7-9-25-10-8-22/h3-4,11-12H,2,5-10H2,1H3/p+1. The van der Waals surface area contributed by atoms with Crippen molar-refractivity contribution in [2.45, 2.75) is 13.0 Å². The Balaban J connectivity index is 1.62. The summed E-state index contributed by atoms with van der Waals surface area (Å²) < 4.78 is 22.4. The first-order chi connectivity index (χ1) is 12.1. The number of nitrogens with zero attached hydrogens (tertiary/aromatic N) is 3. The Morgan fingerprint density at radius 2 is 2.12 bits per heavy atom. The first kappa shape index (κ1) is 16.2. The lowest BCUT2D eigenvalue weighted by Gasteiger charge is -2.23. The minimum absolute atomic E-state index is 0.0684. The molecule has 0 unspecified atom stereocenters. The summed E-state index contributed by atoms with van der Waals surface area (Å²) in [5.74, 6) is -0.320. The van der Waals surface area contributed by atoms with Crippen molar-refractivity contribution in [3.05, 3.63) is 40.7 Å². The van der Waals surface area contributed by atoms with Gasteiger partial charge in [-0.1, -0.05) is 0 Å². The first-order valence-corrected chi connectivity index (χ1v) is 8.69. The molecule has 1 saturated heterocycles. The van der Waals surface area contributed by atoms with Gasteiger partial charge in [-0.2, -0.15) is 0 Å². The van der Waals surface area contributed by atoms with E-state index >= 15 is 0 Å². The van der Waals surface area contributed by atoms with Crippen LogP contribution >= 0.6 is 0 Å². The van der Waals surface area contributed by atoms with E-state index in [1.165, 1.54) is 17.0 Å². The summed E-state index contributed by atoms with van der Waals surface area (Å²) in [6.07, 6.45) is 2.50. The maximum atomic E-state index is 13.6. The van der Waals surface area contributed by atoms with Gasteiger partial charge in [-0.15, -0.1) is 0 Å². The van der Waals surface area contributed by atoms with Crippen LogP contribution in [0.5, 0.6) is 0 Å². The molecule has 7 heteroatoms. The normalized spacial score (nSPS) is 16.1. The molecule has 0 spiro atoms. The molecule has 1 aliphatic rings. The van der Waals surface area contributed by atoms with Crippen molar-refractivity contribution in [3.63, 3.8) is 0 Å². The molecule has 1 aliphatic heterocycles. The van der Waals surface area contributed by atoms with Crippen LogP contribution in [0.1, 0.15) is 6.42 Å². The van der Waals surface area contributed by atoms with Crippen LogP contribution in [0.25, 0.3) is 21.9 Å². The van der Waals surface area contributed by atoms with Gasteiger partial charge >= 0.3 is 0 Å². The molecule has 1 aromatic carbocycles. The van der Waals surface area contributed by atoms with Gasteiger partial charge < -0.3 is 14.2 Å². The fourth-order valence-corrected chi connectivity index (χ4v) is 3.66. The van der Waals surface area contributed by atoms with Crippen LogP contribution in [-0.4, -0.2) is 47.0 Å². The molecule has 4 rings (SSSR count). The van der Waals surface area contributed by atoms with Crippen molar-refractivity contribution in [3.8, 4) is 0 Å². The highest BCUT2D eigenvalue weighted by Gasteiger charge is 2.16. The predicted molar refractivity (Wildman–Crippen MR) is 93.4 cm³/mol. The van der Waals surface area contributed by atoms with Crippen molar-refractivity contribution in [2.24, 2.45) is 7.05 Å². The summed E-state index contributed by atoms with van der Waals surface area (Å²) in [6, 6.07) is 4.54. The van der Waals surface area contributed by atoms with Gasteiger partial charge in [0.25, 0.3) is 5.56 Å². The largest absolute Gasteiger partial charge is 0.370 e. The molecule has 1 fully saturated rings. The van der Waals surface area contributed by atoms with E-state index in [9.17, 15) is 9.18 Å². The second kappa shape index (κ2) is 6.57. The van der Waals surface area contributed by atoms with Crippen LogP contribution in [0, 0.1) is 5.82 Å². The maximum Gasteiger partial charge on any atom is 0.277 e. The molecule has 0 radical (unpaired) electrons. The highest BCUT2D eigenvalue weighted by atomic mass is 19.1. The van der Waals surface area contributed by atoms with Crippen molar-refractivity contribution in [1.29, 1.82) is 0 Å². The van der Waals surface area contributed by atoms with E-state index in [0.717, 1.165) is 44.8 Å². The third-order valence-corrected chi connectivity index (χ3v) is 5.05. The zero-order chi connectivity index (χ0) is 17.4. The van der Waals surface area contributed by atoms with E-state index in [0.29, 0.717) is 23.0 Å². The van der Waals surface area contributed by atoms with Crippen molar-refractivity contribution in [2.75, 3.05) is 32.8 Å². The average molecular weight is 345 g/mol. The third-order valence-electron chi connectivity index (χ3n) is 5.05. The number of hydrogen-bond donors (Lipinski definition) is 1. The maximum absolute atomic E-state index is 13.6. The van der Waals surface area contributed by atoms with Crippen LogP contribution < -0.4 is 10.5 Å². The molecule has 132 valence electrons. The minimum atomic E-state index is -0.320. The Hall–Kier alpha value is -2.25. The lowest BCUT2D eigenvalue weighted by atomic mass is 10.2. The lowest BCUT2D eigenvalue weighted by Crippen LogP contribution is -3.14. The monoisotopic (exact) mass is 345 g/mol. The molecule has 0 atom stereocenters. The van der Waals surface area contributed by atoms with Crippen molar-refractivity contribution >= 4 is 21.9 Å². The number of benzene rings is 1. The average Bonchev–Trinajstić information content (AvgIpc) is 2.90. The van der Waals surface area contributed by atoms with Crippen molar-refractivity contribution < 1.29 is 14.0 Å². The molecule has 0 aliphatic carbocycles.